The molecule has 4 aromatic rings. The highest BCUT2D eigenvalue weighted by atomic mass is 19.1. The van der Waals surface area contributed by atoms with Crippen molar-refractivity contribution in [3.05, 3.63) is 77.4 Å². The smallest absolute Gasteiger partial charge is 0.298 e. The molecule has 9 heteroatoms. The van der Waals surface area contributed by atoms with Gasteiger partial charge in [0.05, 0.1) is 5.56 Å². The van der Waals surface area contributed by atoms with Crippen molar-refractivity contribution in [1.29, 1.82) is 0 Å². The Morgan fingerprint density at radius 3 is 2.46 bits per heavy atom. The van der Waals surface area contributed by atoms with E-state index in [2.05, 4.69) is 15.8 Å². The Morgan fingerprint density at radius 2 is 1.74 bits per heavy atom. The zero-order chi connectivity index (χ0) is 24.5. The van der Waals surface area contributed by atoms with Crippen LogP contribution in [0.2, 0.25) is 0 Å². The highest BCUT2D eigenvalue weighted by Gasteiger charge is 2.28. The van der Waals surface area contributed by atoms with Crippen LogP contribution in [0.3, 0.4) is 0 Å². The minimum Gasteiger partial charge on any atom is -0.423 e. The Balaban J connectivity index is 1.17. The van der Waals surface area contributed by atoms with Crippen molar-refractivity contribution in [2.75, 3.05) is 18.0 Å². The molecule has 2 amide bonds. The van der Waals surface area contributed by atoms with Gasteiger partial charge in [0.2, 0.25) is 5.91 Å². The first-order chi connectivity index (χ1) is 16.9. The number of piperidine rings is 1. The van der Waals surface area contributed by atoms with Crippen LogP contribution in [0.5, 0.6) is 0 Å². The van der Waals surface area contributed by atoms with Crippen molar-refractivity contribution < 1.29 is 18.4 Å². The number of amides is 2. The number of hydrogen-bond donors (Lipinski definition) is 2. The molecule has 1 fully saturated rings. The van der Waals surface area contributed by atoms with Gasteiger partial charge >= 0.3 is 0 Å². The zero-order valence-electron chi connectivity index (χ0n) is 19.5. The molecule has 5 rings (SSSR count). The average Bonchev–Trinajstić information content (AvgIpc) is 3.43. The van der Waals surface area contributed by atoms with Crippen molar-refractivity contribution in [2.24, 2.45) is 5.92 Å². The van der Waals surface area contributed by atoms with E-state index < -0.39 is 5.91 Å². The zero-order valence-corrected chi connectivity index (χ0v) is 19.5. The van der Waals surface area contributed by atoms with Gasteiger partial charge in [-0.05, 0) is 69.2 Å². The van der Waals surface area contributed by atoms with E-state index in [1.165, 1.54) is 12.1 Å². The number of nitrogens with zero attached hydrogens (tertiary/aromatic N) is 3. The Hall–Kier alpha value is -4.14. The first kappa shape index (κ1) is 22.6. The molecule has 180 valence electrons. The highest BCUT2D eigenvalue weighted by molar-refractivity contribution is 5.97. The third-order valence-electron chi connectivity index (χ3n) is 6.48. The summed E-state index contributed by atoms with van der Waals surface area (Å²) in [4.78, 5) is 32.1. The number of carbonyl (C=O) groups excluding carboxylic acids is 2. The summed E-state index contributed by atoms with van der Waals surface area (Å²) in [6.45, 7) is 4.96. The van der Waals surface area contributed by atoms with Crippen molar-refractivity contribution in [3.63, 3.8) is 0 Å². The quantitative estimate of drug-likeness (QED) is 0.435. The minimum atomic E-state index is -0.399. The van der Waals surface area contributed by atoms with Gasteiger partial charge in [-0.15, -0.1) is 0 Å². The van der Waals surface area contributed by atoms with Crippen molar-refractivity contribution in [2.45, 2.75) is 26.7 Å². The van der Waals surface area contributed by atoms with Crippen LogP contribution in [0.4, 0.5) is 10.4 Å². The first-order valence-electron chi connectivity index (χ1n) is 11.6. The molecule has 1 aliphatic heterocycles. The highest BCUT2D eigenvalue weighted by Crippen LogP contribution is 2.26. The topological polar surface area (TPSA) is 92.4 Å². The molecule has 2 N–H and O–H groups in total. The SMILES string of the molecule is Cc1cc(C(=O)NNC(=O)C2CCN(c3nc4ccccc4o3)CC2)c(C)n1-c1ccc(F)cc1. The number of carbonyl (C=O) groups is 2. The Bertz CT molecular complexity index is 1350. The van der Waals surface area contributed by atoms with E-state index in [0.717, 1.165) is 22.5 Å². The summed E-state index contributed by atoms with van der Waals surface area (Å²) < 4.78 is 21.0. The van der Waals surface area contributed by atoms with Gasteiger partial charge in [0, 0.05) is 36.1 Å². The Kier molecular flexibility index (Phi) is 5.98. The lowest BCUT2D eigenvalue weighted by Gasteiger charge is -2.30. The summed E-state index contributed by atoms with van der Waals surface area (Å²) in [7, 11) is 0. The summed E-state index contributed by atoms with van der Waals surface area (Å²) in [5.74, 6) is -1.16. The van der Waals surface area contributed by atoms with E-state index in [1.807, 2.05) is 47.6 Å². The number of rotatable bonds is 4. The standard InChI is InChI=1S/C26H26FN5O3/c1-16-15-21(17(2)32(16)20-9-7-19(27)8-10-20)25(34)30-29-24(33)18-11-13-31(14-12-18)26-28-22-5-3-4-6-23(22)35-26/h3-10,15,18H,11-14H2,1-2H3,(H,29,33)(H,30,34). The van der Waals surface area contributed by atoms with Crippen LogP contribution in [0.15, 0.2) is 59.0 Å². The van der Waals surface area contributed by atoms with Gasteiger partial charge in [0.15, 0.2) is 5.58 Å². The van der Waals surface area contributed by atoms with Gasteiger partial charge in [-0.1, -0.05) is 12.1 Å². The molecule has 35 heavy (non-hydrogen) atoms. The van der Waals surface area contributed by atoms with Crippen molar-refractivity contribution >= 4 is 28.9 Å². The van der Waals surface area contributed by atoms with E-state index in [4.69, 9.17) is 4.42 Å². The molecular formula is C26H26FN5O3. The van der Waals surface area contributed by atoms with Crippen LogP contribution in [0.25, 0.3) is 16.8 Å². The van der Waals surface area contributed by atoms with Gasteiger partial charge in [-0.25, -0.2) is 4.39 Å². The van der Waals surface area contributed by atoms with Crippen LogP contribution in [-0.4, -0.2) is 34.5 Å². The van der Waals surface area contributed by atoms with Gasteiger partial charge in [0.25, 0.3) is 11.9 Å². The molecule has 0 spiro atoms. The summed E-state index contributed by atoms with van der Waals surface area (Å²) in [5.41, 5.74) is 9.40. The van der Waals surface area contributed by atoms with Crippen molar-refractivity contribution in [1.82, 2.24) is 20.4 Å². The second kappa shape index (κ2) is 9.25. The first-order valence-corrected chi connectivity index (χ1v) is 11.6. The normalized spacial score (nSPS) is 14.3. The number of para-hydroxylation sites is 2. The van der Waals surface area contributed by atoms with Gasteiger partial charge in [-0.3, -0.25) is 20.4 Å². The predicted molar refractivity (Wildman–Crippen MR) is 130 cm³/mol. The monoisotopic (exact) mass is 475 g/mol. The van der Waals surface area contributed by atoms with Crippen LogP contribution in [-0.2, 0) is 4.79 Å². The molecule has 1 aliphatic rings. The van der Waals surface area contributed by atoms with Gasteiger partial charge in [-0.2, -0.15) is 4.98 Å². The number of aryl methyl sites for hydroxylation is 1. The van der Waals surface area contributed by atoms with E-state index in [1.54, 1.807) is 18.2 Å². The number of hydrazine groups is 1. The molecule has 0 saturated carbocycles. The number of fused-ring (bicyclic) bond motifs is 1. The molecule has 0 atom stereocenters. The fourth-order valence-electron chi connectivity index (χ4n) is 4.60. The second-order valence-corrected chi connectivity index (χ2v) is 8.77. The average molecular weight is 476 g/mol. The van der Waals surface area contributed by atoms with E-state index in [9.17, 15) is 14.0 Å². The molecular weight excluding hydrogens is 449 g/mol. The molecule has 0 aliphatic carbocycles. The second-order valence-electron chi connectivity index (χ2n) is 8.77. The van der Waals surface area contributed by atoms with Gasteiger partial charge in [0.1, 0.15) is 11.3 Å². The van der Waals surface area contributed by atoms with Crippen LogP contribution in [0, 0.1) is 25.6 Å². The fraction of sp³-hybridized carbons (Fsp3) is 0.269. The number of benzene rings is 2. The number of aromatic nitrogens is 2. The van der Waals surface area contributed by atoms with E-state index >= 15 is 0 Å². The van der Waals surface area contributed by atoms with Crippen molar-refractivity contribution in [3.8, 4) is 5.69 Å². The number of hydrogen-bond acceptors (Lipinski definition) is 5. The molecule has 1 saturated heterocycles. The van der Waals surface area contributed by atoms with Crippen LogP contribution < -0.4 is 15.8 Å². The third kappa shape index (κ3) is 4.49. The van der Waals surface area contributed by atoms with E-state index in [-0.39, 0.29) is 17.6 Å². The number of anilines is 1. The number of halogens is 1. The molecule has 3 heterocycles. The molecule has 0 unspecified atom stereocenters. The van der Waals surface area contributed by atoms with Crippen LogP contribution >= 0.6 is 0 Å². The predicted octanol–water partition coefficient (Wildman–Crippen LogP) is 4.05. The maximum absolute atomic E-state index is 13.3. The minimum absolute atomic E-state index is 0.220. The number of nitrogens with one attached hydrogen (secondary N) is 2. The maximum Gasteiger partial charge on any atom is 0.298 e. The summed E-state index contributed by atoms with van der Waals surface area (Å²) >= 11 is 0. The van der Waals surface area contributed by atoms with E-state index in [0.29, 0.717) is 43.2 Å². The van der Waals surface area contributed by atoms with Crippen LogP contribution in [0.1, 0.15) is 34.6 Å². The lowest BCUT2D eigenvalue weighted by atomic mass is 9.96. The summed E-state index contributed by atoms with van der Waals surface area (Å²) in [6.07, 6.45) is 1.25. The number of oxazole rings is 1. The fourth-order valence-corrected chi connectivity index (χ4v) is 4.60. The lowest BCUT2D eigenvalue weighted by Crippen LogP contribution is -2.47. The Labute approximate surface area is 201 Å². The largest absolute Gasteiger partial charge is 0.423 e. The third-order valence-corrected chi connectivity index (χ3v) is 6.48. The Morgan fingerprint density at radius 1 is 1.03 bits per heavy atom. The molecule has 8 nitrogen and oxygen atoms in total. The molecule has 2 aromatic carbocycles. The lowest BCUT2D eigenvalue weighted by molar-refractivity contribution is -0.126. The maximum atomic E-state index is 13.3. The molecule has 0 radical (unpaired) electrons. The van der Waals surface area contributed by atoms with Gasteiger partial charge < -0.3 is 13.9 Å². The summed E-state index contributed by atoms with van der Waals surface area (Å²) in [5, 5.41) is 0. The summed E-state index contributed by atoms with van der Waals surface area (Å²) in [6, 6.07) is 16.0. The molecule has 0 bridgehead atoms. The molecule has 2 aromatic heterocycles.